The maximum atomic E-state index is 13.3. The monoisotopic (exact) mass is 343 g/mol. The smallest absolute Gasteiger partial charge is 0.181 e. The second-order valence-electron chi connectivity index (χ2n) is 6.28. The Balaban J connectivity index is 1.79. The highest BCUT2D eigenvalue weighted by molar-refractivity contribution is 5.62. The van der Waals surface area contributed by atoms with Crippen molar-refractivity contribution in [2.45, 2.75) is 13.5 Å². The first-order chi connectivity index (χ1) is 12.7. The zero-order valence-electron chi connectivity index (χ0n) is 14.4. The minimum Gasteiger partial charge on any atom is -0.241 e. The highest BCUT2D eigenvalue weighted by Crippen LogP contribution is 2.24. The molecule has 0 bridgehead atoms. The molecule has 0 fully saturated rings. The van der Waals surface area contributed by atoms with Gasteiger partial charge in [-0.2, -0.15) is 5.10 Å². The normalized spacial score (nSPS) is 10.8. The Kier molecular flexibility index (Phi) is 4.32. The lowest BCUT2D eigenvalue weighted by atomic mass is 10.1. The van der Waals surface area contributed by atoms with E-state index in [9.17, 15) is 4.39 Å². The molecule has 26 heavy (non-hydrogen) atoms. The molecule has 4 aromatic rings. The number of aromatic nitrogens is 3. The van der Waals surface area contributed by atoms with Gasteiger partial charge in [0.25, 0.3) is 0 Å². The van der Waals surface area contributed by atoms with Gasteiger partial charge >= 0.3 is 0 Å². The molecule has 0 unspecified atom stereocenters. The molecule has 0 spiro atoms. The van der Waals surface area contributed by atoms with Crippen molar-refractivity contribution in [2.75, 3.05) is 0 Å². The Morgan fingerprint density at radius 1 is 0.808 bits per heavy atom. The second kappa shape index (κ2) is 6.92. The summed E-state index contributed by atoms with van der Waals surface area (Å²) >= 11 is 0. The minimum absolute atomic E-state index is 0.262. The quantitative estimate of drug-likeness (QED) is 0.516. The number of rotatable bonds is 4. The summed E-state index contributed by atoms with van der Waals surface area (Å²) in [6.07, 6.45) is 0. The van der Waals surface area contributed by atoms with Gasteiger partial charge in [-0.25, -0.2) is 14.1 Å². The van der Waals surface area contributed by atoms with E-state index in [0.717, 1.165) is 22.5 Å². The summed E-state index contributed by atoms with van der Waals surface area (Å²) in [5.74, 6) is 1.13. The van der Waals surface area contributed by atoms with Crippen LogP contribution in [-0.4, -0.2) is 14.8 Å². The molecule has 0 saturated heterocycles. The summed E-state index contributed by atoms with van der Waals surface area (Å²) in [5, 5.41) is 4.72. The lowest BCUT2D eigenvalue weighted by molar-refractivity contribution is 0.627. The zero-order valence-corrected chi connectivity index (χ0v) is 14.4. The van der Waals surface area contributed by atoms with E-state index in [1.807, 2.05) is 47.1 Å². The lowest BCUT2D eigenvalue weighted by Crippen LogP contribution is -2.04. The van der Waals surface area contributed by atoms with Crippen LogP contribution in [0.3, 0.4) is 0 Å². The van der Waals surface area contributed by atoms with Crippen molar-refractivity contribution in [1.29, 1.82) is 0 Å². The van der Waals surface area contributed by atoms with Crippen LogP contribution in [0.4, 0.5) is 4.39 Å². The predicted molar refractivity (Wildman–Crippen MR) is 101 cm³/mol. The fourth-order valence-corrected chi connectivity index (χ4v) is 2.85. The predicted octanol–water partition coefficient (Wildman–Crippen LogP) is 5.11. The van der Waals surface area contributed by atoms with Gasteiger partial charge in [0, 0.05) is 11.1 Å². The van der Waals surface area contributed by atoms with Gasteiger partial charge in [-0.1, -0.05) is 60.2 Å². The Morgan fingerprint density at radius 2 is 1.46 bits per heavy atom. The van der Waals surface area contributed by atoms with E-state index in [-0.39, 0.29) is 5.82 Å². The summed E-state index contributed by atoms with van der Waals surface area (Å²) < 4.78 is 15.2. The molecule has 4 heteroatoms. The van der Waals surface area contributed by atoms with E-state index < -0.39 is 0 Å². The first kappa shape index (κ1) is 16.2. The van der Waals surface area contributed by atoms with Crippen LogP contribution < -0.4 is 0 Å². The number of hydrogen-bond acceptors (Lipinski definition) is 2. The molecule has 1 aromatic heterocycles. The van der Waals surface area contributed by atoms with Crippen molar-refractivity contribution in [1.82, 2.24) is 14.8 Å². The fourth-order valence-electron chi connectivity index (χ4n) is 2.85. The molecule has 3 aromatic carbocycles. The van der Waals surface area contributed by atoms with Crippen LogP contribution in [0, 0.1) is 12.7 Å². The molecule has 0 aliphatic heterocycles. The van der Waals surface area contributed by atoms with Crippen molar-refractivity contribution in [3.63, 3.8) is 0 Å². The summed E-state index contributed by atoms with van der Waals surface area (Å²) in [6.45, 7) is 2.65. The third-order valence-corrected chi connectivity index (χ3v) is 4.26. The molecule has 0 radical (unpaired) electrons. The average molecular weight is 343 g/mol. The second-order valence-corrected chi connectivity index (χ2v) is 6.28. The van der Waals surface area contributed by atoms with E-state index in [1.54, 1.807) is 12.1 Å². The van der Waals surface area contributed by atoms with Crippen molar-refractivity contribution in [2.24, 2.45) is 0 Å². The van der Waals surface area contributed by atoms with Gasteiger partial charge in [-0.3, -0.25) is 0 Å². The fraction of sp³-hybridized carbons (Fsp3) is 0.0909. The van der Waals surface area contributed by atoms with Crippen molar-refractivity contribution >= 4 is 0 Å². The van der Waals surface area contributed by atoms with Crippen LogP contribution in [0.25, 0.3) is 22.8 Å². The van der Waals surface area contributed by atoms with E-state index >= 15 is 0 Å². The Morgan fingerprint density at radius 3 is 2.15 bits per heavy atom. The number of hydrogen-bond donors (Lipinski definition) is 0. The van der Waals surface area contributed by atoms with Crippen molar-refractivity contribution in [3.8, 4) is 22.8 Å². The number of aryl methyl sites for hydroxylation is 1. The van der Waals surface area contributed by atoms with E-state index in [1.165, 1.54) is 17.7 Å². The van der Waals surface area contributed by atoms with Gasteiger partial charge in [-0.15, -0.1) is 0 Å². The molecule has 4 rings (SSSR count). The molecular formula is C22H18FN3. The highest BCUT2D eigenvalue weighted by Gasteiger charge is 2.14. The SMILES string of the molecule is Cc1ccc(-c2nc(-c3ccc(F)cc3)n(Cc3ccccc3)n2)cc1. The topological polar surface area (TPSA) is 30.7 Å². The summed E-state index contributed by atoms with van der Waals surface area (Å²) in [7, 11) is 0. The molecule has 3 nitrogen and oxygen atoms in total. The van der Waals surface area contributed by atoms with Crippen molar-refractivity contribution in [3.05, 3.63) is 95.8 Å². The summed E-state index contributed by atoms with van der Waals surface area (Å²) in [5.41, 5.74) is 4.13. The number of benzene rings is 3. The summed E-state index contributed by atoms with van der Waals surface area (Å²) in [6, 6.07) is 24.6. The molecule has 0 amide bonds. The first-order valence-electron chi connectivity index (χ1n) is 8.51. The van der Waals surface area contributed by atoms with Crippen LogP contribution in [0.5, 0.6) is 0 Å². The molecule has 1 heterocycles. The van der Waals surface area contributed by atoms with Gasteiger partial charge in [0.15, 0.2) is 11.6 Å². The van der Waals surface area contributed by atoms with Gasteiger partial charge in [0.1, 0.15) is 5.82 Å². The van der Waals surface area contributed by atoms with Gasteiger partial charge in [-0.05, 0) is 36.8 Å². The Bertz CT molecular complexity index is 1000. The molecule has 0 aliphatic carbocycles. The number of nitrogens with zero attached hydrogens (tertiary/aromatic N) is 3. The molecular weight excluding hydrogens is 325 g/mol. The molecule has 128 valence electrons. The Labute approximate surface area is 151 Å². The maximum Gasteiger partial charge on any atom is 0.181 e. The van der Waals surface area contributed by atoms with Crippen molar-refractivity contribution < 1.29 is 4.39 Å². The average Bonchev–Trinajstić information content (AvgIpc) is 3.07. The van der Waals surface area contributed by atoms with Gasteiger partial charge < -0.3 is 0 Å². The molecule has 0 aliphatic rings. The highest BCUT2D eigenvalue weighted by atomic mass is 19.1. The van der Waals surface area contributed by atoms with E-state index in [4.69, 9.17) is 10.1 Å². The third kappa shape index (κ3) is 3.40. The molecule has 0 atom stereocenters. The van der Waals surface area contributed by atoms with Crippen LogP contribution in [-0.2, 0) is 6.54 Å². The van der Waals surface area contributed by atoms with E-state index in [2.05, 4.69) is 19.1 Å². The number of halogens is 1. The van der Waals surface area contributed by atoms with Crippen LogP contribution >= 0.6 is 0 Å². The van der Waals surface area contributed by atoms with E-state index in [0.29, 0.717) is 12.4 Å². The maximum absolute atomic E-state index is 13.3. The van der Waals surface area contributed by atoms with Gasteiger partial charge in [0.2, 0.25) is 0 Å². The molecule has 0 saturated carbocycles. The summed E-state index contributed by atoms with van der Waals surface area (Å²) in [4.78, 5) is 4.74. The Hall–Kier alpha value is -3.27. The van der Waals surface area contributed by atoms with Crippen LogP contribution in [0.2, 0.25) is 0 Å². The van der Waals surface area contributed by atoms with Crippen LogP contribution in [0.15, 0.2) is 78.9 Å². The molecule has 0 N–H and O–H groups in total. The lowest BCUT2D eigenvalue weighted by Gasteiger charge is -2.06. The first-order valence-corrected chi connectivity index (χ1v) is 8.51. The minimum atomic E-state index is -0.262. The van der Waals surface area contributed by atoms with Gasteiger partial charge in [0.05, 0.1) is 6.54 Å². The van der Waals surface area contributed by atoms with Crippen LogP contribution in [0.1, 0.15) is 11.1 Å². The third-order valence-electron chi connectivity index (χ3n) is 4.26. The largest absolute Gasteiger partial charge is 0.241 e. The zero-order chi connectivity index (χ0) is 17.9. The standard InChI is InChI=1S/C22H18FN3/c1-16-7-9-18(10-8-16)21-24-22(19-11-13-20(23)14-12-19)26(25-21)15-17-5-3-2-4-6-17/h2-14H,15H2,1H3.